The van der Waals surface area contributed by atoms with Gasteiger partial charge in [-0.1, -0.05) is 13.8 Å². The molecule has 0 spiro atoms. The Morgan fingerprint density at radius 1 is 1.60 bits per heavy atom. The summed E-state index contributed by atoms with van der Waals surface area (Å²) in [7, 11) is 0. The second kappa shape index (κ2) is 6.83. The number of amidine groups is 1. The minimum atomic E-state index is 0. The van der Waals surface area contributed by atoms with Crippen LogP contribution in [0.3, 0.4) is 0 Å². The summed E-state index contributed by atoms with van der Waals surface area (Å²) in [5.41, 5.74) is 5.44. The molecule has 0 aliphatic carbocycles. The summed E-state index contributed by atoms with van der Waals surface area (Å²) in [5.74, 6) is 0.903. The molecule has 0 aromatic rings. The Labute approximate surface area is 67.7 Å². The molecule has 0 aromatic heterocycles. The van der Waals surface area contributed by atoms with Gasteiger partial charge in [0, 0.05) is 5.92 Å². The van der Waals surface area contributed by atoms with Gasteiger partial charge in [0.05, 0.1) is 19.0 Å². The quantitative estimate of drug-likeness (QED) is 0.472. The van der Waals surface area contributed by atoms with Gasteiger partial charge in [-0.05, 0) is 0 Å². The predicted octanol–water partition coefficient (Wildman–Crippen LogP) is 0.414. The Kier molecular flexibility index (Phi) is 8.48. The lowest BCUT2D eigenvalue weighted by atomic mass is 10.2. The number of hydrogen-bond donors (Lipinski definition) is 2. The monoisotopic (exact) mass is 166 g/mol. The molecule has 3 nitrogen and oxygen atoms in total. The van der Waals surface area contributed by atoms with Crippen LogP contribution in [0.1, 0.15) is 13.8 Å². The molecule has 0 aliphatic heterocycles. The highest BCUT2D eigenvalue weighted by Gasteiger charge is 1.95. The van der Waals surface area contributed by atoms with Gasteiger partial charge in [0.1, 0.15) is 0 Å². The SMILES string of the molecule is CC(C)C(N)=NCCO.Cl. The van der Waals surface area contributed by atoms with Crippen molar-refractivity contribution in [3.63, 3.8) is 0 Å². The number of halogens is 1. The molecule has 0 unspecified atom stereocenters. The highest BCUT2D eigenvalue weighted by Crippen LogP contribution is 1.89. The van der Waals surface area contributed by atoms with Crippen LogP contribution < -0.4 is 5.73 Å². The Morgan fingerprint density at radius 3 is 2.40 bits per heavy atom. The van der Waals surface area contributed by atoms with Gasteiger partial charge in [-0.3, -0.25) is 4.99 Å². The smallest absolute Gasteiger partial charge is 0.0963 e. The first kappa shape index (κ1) is 12.4. The molecule has 0 amide bonds. The van der Waals surface area contributed by atoms with Crippen molar-refractivity contribution in [2.75, 3.05) is 13.2 Å². The van der Waals surface area contributed by atoms with Crippen LogP contribution in [-0.4, -0.2) is 24.1 Å². The largest absolute Gasteiger partial charge is 0.394 e. The Hall–Kier alpha value is -0.280. The van der Waals surface area contributed by atoms with Crippen molar-refractivity contribution in [1.29, 1.82) is 0 Å². The summed E-state index contributed by atoms with van der Waals surface area (Å²) < 4.78 is 0. The van der Waals surface area contributed by atoms with E-state index in [1.165, 1.54) is 0 Å². The first-order chi connectivity index (χ1) is 4.18. The third kappa shape index (κ3) is 5.85. The van der Waals surface area contributed by atoms with Crippen molar-refractivity contribution in [1.82, 2.24) is 0 Å². The van der Waals surface area contributed by atoms with Crippen LogP contribution in [-0.2, 0) is 0 Å². The lowest BCUT2D eigenvalue weighted by Gasteiger charge is -2.01. The second-order valence-corrected chi connectivity index (χ2v) is 2.18. The van der Waals surface area contributed by atoms with E-state index in [0.717, 1.165) is 0 Å². The molecule has 4 heteroatoms. The third-order valence-electron chi connectivity index (χ3n) is 0.986. The topological polar surface area (TPSA) is 58.6 Å². The minimum absolute atomic E-state index is 0. The van der Waals surface area contributed by atoms with Gasteiger partial charge in [-0.15, -0.1) is 12.4 Å². The molecule has 0 atom stereocenters. The Bertz CT molecular complexity index is 104. The molecule has 0 radical (unpaired) electrons. The van der Waals surface area contributed by atoms with Crippen LogP contribution in [0, 0.1) is 5.92 Å². The zero-order chi connectivity index (χ0) is 7.28. The van der Waals surface area contributed by atoms with Gasteiger partial charge in [0.15, 0.2) is 0 Å². The lowest BCUT2D eigenvalue weighted by molar-refractivity contribution is 0.306. The number of aliphatic hydroxyl groups is 1. The van der Waals surface area contributed by atoms with Crippen molar-refractivity contribution in [2.24, 2.45) is 16.6 Å². The van der Waals surface area contributed by atoms with E-state index in [2.05, 4.69) is 4.99 Å². The van der Waals surface area contributed by atoms with Gasteiger partial charge in [-0.25, -0.2) is 0 Å². The summed E-state index contributed by atoms with van der Waals surface area (Å²) >= 11 is 0. The minimum Gasteiger partial charge on any atom is -0.394 e. The van der Waals surface area contributed by atoms with E-state index in [1.807, 2.05) is 13.8 Å². The standard InChI is InChI=1S/C6H14N2O.ClH/c1-5(2)6(7)8-3-4-9;/h5,9H,3-4H2,1-2H3,(H2,7,8);1H. The fourth-order valence-corrected chi connectivity index (χ4v) is 0.362. The fraction of sp³-hybridized carbons (Fsp3) is 0.833. The summed E-state index contributed by atoms with van der Waals surface area (Å²) in [6.07, 6.45) is 0. The lowest BCUT2D eigenvalue weighted by Crippen LogP contribution is -2.19. The zero-order valence-electron chi connectivity index (χ0n) is 6.37. The van der Waals surface area contributed by atoms with E-state index in [4.69, 9.17) is 10.8 Å². The fourth-order valence-electron chi connectivity index (χ4n) is 0.362. The van der Waals surface area contributed by atoms with E-state index in [0.29, 0.717) is 12.4 Å². The van der Waals surface area contributed by atoms with E-state index in [1.54, 1.807) is 0 Å². The highest BCUT2D eigenvalue weighted by atomic mass is 35.5. The van der Waals surface area contributed by atoms with Crippen LogP contribution in [0.15, 0.2) is 4.99 Å². The number of aliphatic imine (C=N–C) groups is 1. The third-order valence-corrected chi connectivity index (χ3v) is 0.986. The van der Waals surface area contributed by atoms with Crippen molar-refractivity contribution in [3.8, 4) is 0 Å². The maximum atomic E-state index is 8.33. The van der Waals surface area contributed by atoms with Crippen LogP contribution in [0.25, 0.3) is 0 Å². The van der Waals surface area contributed by atoms with Gasteiger partial charge in [-0.2, -0.15) is 0 Å². The van der Waals surface area contributed by atoms with E-state index >= 15 is 0 Å². The average molecular weight is 167 g/mol. The molecular formula is C6H15ClN2O. The molecule has 0 saturated heterocycles. The van der Waals surface area contributed by atoms with Gasteiger partial charge in [0.2, 0.25) is 0 Å². The van der Waals surface area contributed by atoms with E-state index < -0.39 is 0 Å². The van der Waals surface area contributed by atoms with Crippen molar-refractivity contribution < 1.29 is 5.11 Å². The molecule has 0 saturated carbocycles. The zero-order valence-corrected chi connectivity index (χ0v) is 7.19. The first-order valence-corrected chi connectivity index (χ1v) is 3.09. The predicted molar refractivity (Wildman–Crippen MR) is 45.7 cm³/mol. The highest BCUT2D eigenvalue weighted by molar-refractivity contribution is 5.85. The van der Waals surface area contributed by atoms with Crippen LogP contribution in [0.4, 0.5) is 0 Å². The number of hydrogen-bond acceptors (Lipinski definition) is 2. The molecule has 0 heterocycles. The van der Waals surface area contributed by atoms with Crippen molar-refractivity contribution in [2.45, 2.75) is 13.8 Å². The van der Waals surface area contributed by atoms with Gasteiger partial charge < -0.3 is 10.8 Å². The normalized spacial score (nSPS) is 11.4. The molecule has 62 valence electrons. The Balaban J connectivity index is 0. The van der Waals surface area contributed by atoms with Crippen molar-refractivity contribution >= 4 is 18.2 Å². The molecule has 0 aliphatic rings. The van der Waals surface area contributed by atoms with Crippen LogP contribution in [0.5, 0.6) is 0 Å². The summed E-state index contributed by atoms with van der Waals surface area (Å²) in [4.78, 5) is 3.89. The van der Waals surface area contributed by atoms with E-state index in [-0.39, 0.29) is 24.9 Å². The number of nitrogens with two attached hydrogens (primary N) is 1. The molecule has 0 fully saturated rings. The summed E-state index contributed by atoms with van der Waals surface area (Å²) in [6.45, 7) is 4.43. The summed E-state index contributed by atoms with van der Waals surface area (Å²) in [5, 5.41) is 8.33. The second-order valence-electron chi connectivity index (χ2n) is 2.18. The molecule has 3 N–H and O–H groups in total. The number of aliphatic hydroxyl groups excluding tert-OH is 1. The number of rotatable bonds is 3. The maximum absolute atomic E-state index is 8.33. The molecule has 10 heavy (non-hydrogen) atoms. The molecular weight excluding hydrogens is 152 g/mol. The first-order valence-electron chi connectivity index (χ1n) is 3.09. The van der Waals surface area contributed by atoms with Crippen LogP contribution in [0.2, 0.25) is 0 Å². The van der Waals surface area contributed by atoms with Crippen LogP contribution >= 0.6 is 12.4 Å². The van der Waals surface area contributed by atoms with Gasteiger partial charge in [0.25, 0.3) is 0 Å². The average Bonchev–Trinajstić information content (AvgIpc) is 1.82. The molecule has 0 bridgehead atoms. The Morgan fingerprint density at radius 2 is 2.10 bits per heavy atom. The maximum Gasteiger partial charge on any atom is 0.0963 e. The van der Waals surface area contributed by atoms with Crippen molar-refractivity contribution in [3.05, 3.63) is 0 Å². The summed E-state index contributed by atoms with van der Waals surface area (Å²) in [6, 6.07) is 0. The van der Waals surface area contributed by atoms with Gasteiger partial charge >= 0.3 is 0 Å². The molecule has 0 aromatic carbocycles. The van der Waals surface area contributed by atoms with E-state index in [9.17, 15) is 0 Å². The molecule has 0 rings (SSSR count). The number of nitrogens with zero attached hydrogens (tertiary/aromatic N) is 1.